The first-order valence-electron chi connectivity index (χ1n) is 11.2. The summed E-state index contributed by atoms with van der Waals surface area (Å²) in [5.74, 6) is -0.0931. The van der Waals surface area contributed by atoms with Crippen LogP contribution < -0.4 is 4.74 Å². The van der Waals surface area contributed by atoms with Gasteiger partial charge in [0.15, 0.2) is 6.10 Å². The molecule has 2 saturated carbocycles. The molecule has 3 fully saturated rings. The Balaban J connectivity index is 1.36. The fraction of sp³-hybridized carbons (Fsp3) is 0.583. The highest BCUT2D eigenvalue weighted by Crippen LogP contribution is 2.58. The molecular formula is C24H28O8. The molecule has 8 nitrogen and oxygen atoms in total. The van der Waals surface area contributed by atoms with Gasteiger partial charge in [0.05, 0.1) is 0 Å². The molecule has 4 N–H and O–H groups in total. The summed E-state index contributed by atoms with van der Waals surface area (Å²) >= 11 is 0. The molecule has 1 aromatic rings. The molecule has 1 aromatic carbocycles. The molecule has 0 bridgehead atoms. The highest BCUT2D eigenvalue weighted by atomic mass is 16.7. The van der Waals surface area contributed by atoms with Gasteiger partial charge in [-0.2, -0.15) is 0 Å². The highest BCUT2D eigenvalue weighted by Gasteiger charge is 2.52. The Bertz CT molecular complexity index is 986. The number of carboxylic acids is 1. The van der Waals surface area contributed by atoms with Crippen molar-refractivity contribution in [3.05, 3.63) is 41.0 Å². The van der Waals surface area contributed by atoms with Gasteiger partial charge in [0.1, 0.15) is 29.8 Å². The number of Topliss-reactive ketones (excluding diaryl/α,β-unsaturated/α-hetero) is 1. The molecule has 3 aliphatic carbocycles. The van der Waals surface area contributed by atoms with Crippen LogP contribution in [0.2, 0.25) is 0 Å². The van der Waals surface area contributed by atoms with Crippen LogP contribution in [0.5, 0.6) is 5.75 Å². The van der Waals surface area contributed by atoms with Crippen molar-refractivity contribution in [2.24, 2.45) is 11.3 Å². The van der Waals surface area contributed by atoms with E-state index in [1.54, 1.807) is 6.07 Å². The minimum Gasteiger partial charge on any atom is -0.479 e. The number of hydrogen-bond acceptors (Lipinski definition) is 7. The lowest BCUT2D eigenvalue weighted by molar-refractivity contribution is -0.271. The predicted octanol–water partition coefficient (Wildman–Crippen LogP) is 1.30. The Morgan fingerprint density at radius 1 is 1.16 bits per heavy atom. The van der Waals surface area contributed by atoms with Crippen molar-refractivity contribution < 1.29 is 39.5 Å². The fourth-order valence-corrected chi connectivity index (χ4v) is 6.08. The third kappa shape index (κ3) is 3.20. The zero-order valence-electron chi connectivity index (χ0n) is 17.8. The van der Waals surface area contributed by atoms with Crippen molar-refractivity contribution in [2.45, 2.75) is 75.7 Å². The molecule has 5 rings (SSSR count). The lowest BCUT2D eigenvalue weighted by Crippen LogP contribution is -2.61. The van der Waals surface area contributed by atoms with E-state index in [1.807, 2.05) is 12.1 Å². The molecule has 8 heteroatoms. The van der Waals surface area contributed by atoms with Gasteiger partial charge in [-0.25, -0.2) is 4.79 Å². The average molecular weight is 444 g/mol. The monoisotopic (exact) mass is 444 g/mol. The summed E-state index contributed by atoms with van der Waals surface area (Å²) in [6.07, 6.45) is -1.86. The summed E-state index contributed by atoms with van der Waals surface area (Å²) in [4.78, 5) is 23.8. The summed E-state index contributed by atoms with van der Waals surface area (Å²) in [5, 5.41) is 39.2. The van der Waals surface area contributed by atoms with Gasteiger partial charge in [0, 0.05) is 17.8 Å². The van der Waals surface area contributed by atoms with Gasteiger partial charge in [-0.1, -0.05) is 24.6 Å². The molecule has 32 heavy (non-hydrogen) atoms. The van der Waals surface area contributed by atoms with Crippen LogP contribution >= 0.6 is 0 Å². The molecule has 4 aliphatic rings. The normalized spacial score (nSPS) is 40.7. The predicted molar refractivity (Wildman–Crippen MR) is 111 cm³/mol. The lowest BCUT2D eigenvalue weighted by atomic mass is 9.60. The van der Waals surface area contributed by atoms with Gasteiger partial charge < -0.3 is 29.9 Å². The van der Waals surface area contributed by atoms with E-state index in [2.05, 4.69) is 13.0 Å². The number of carbonyl (C=O) groups is 2. The molecule has 0 spiro atoms. The molecule has 0 radical (unpaired) electrons. The topological polar surface area (TPSA) is 134 Å². The first kappa shape index (κ1) is 21.6. The number of ether oxygens (including phenoxy) is 2. The van der Waals surface area contributed by atoms with Crippen molar-refractivity contribution in [1.29, 1.82) is 0 Å². The molecule has 1 heterocycles. The molecule has 172 valence electrons. The van der Waals surface area contributed by atoms with E-state index in [-0.39, 0.29) is 11.3 Å². The van der Waals surface area contributed by atoms with E-state index in [0.29, 0.717) is 30.3 Å². The Kier molecular flexibility index (Phi) is 5.16. The molecular weight excluding hydrogens is 416 g/mol. The second kappa shape index (κ2) is 7.66. The van der Waals surface area contributed by atoms with Crippen LogP contribution in [0.4, 0.5) is 0 Å². The second-order valence-corrected chi connectivity index (χ2v) is 9.64. The zero-order chi connectivity index (χ0) is 22.8. The number of allylic oxidation sites excluding steroid dienone is 2. The van der Waals surface area contributed by atoms with Gasteiger partial charge in [0.25, 0.3) is 0 Å². The number of aliphatic carboxylic acids is 1. The van der Waals surface area contributed by atoms with Gasteiger partial charge >= 0.3 is 5.97 Å². The van der Waals surface area contributed by atoms with Gasteiger partial charge in [0.2, 0.25) is 6.29 Å². The number of carbonyl (C=O) groups excluding carboxylic acids is 1. The minimum absolute atomic E-state index is 0.233. The van der Waals surface area contributed by atoms with E-state index in [0.717, 1.165) is 24.8 Å². The number of rotatable bonds is 3. The molecule has 1 aliphatic heterocycles. The summed E-state index contributed by atoms with van der Waals surface area (Å²) < 4.78 is 10.9. The number of aliphatic hydroxyl groups is 3. The number of ketones is 1. The number of carboxylic acid groups (broad SMARTS) is 1. The number of fused-ring (bicyclic) bond motifs is 5. The standard InChI is InChI=1S/C24H28O8/c1-24-9-8-14-13-5-3-12(10-11(13)2-4-15(14)16(24)6-7-17(24)25)31-23-20(28)18(26)19(27)21(32-23)22(29)30/h3-5,10,14,16,18-21,23,26-28H,2,6-9H2,1H3,(H,29,30)/t14-,16+,18+,19+,20-,21+,23-,24+/m1/s1. The van der Waals surface area contributed by atoms with Crippen LogP contribution in [-0.4, -0.2) is 62.9 Å². The fourth-order valence-electron chi connectivity index (χ4n) is 6.08. The van der Waals surface area contributed by atoms with Gasteiger partial charge in [-0.05, 0) is 54.9 Å². The smallest absolute Gasteiger partial charge is 0.335 e. The van der Waals surface area contributed by atoms with Crippen LogP contribution in [0.3, 0.4) is 0 Å². The Hall–Kier alpha value is -2.26. The first-order chi connectivity index (χ1) is 15.2. The maximum absolute atomic E-state index is 12.5. The maximum atomic E-state index is 12.5. The molecule has 0 aromatic heterocycles. The van der Waals surface area contributed by atoms with E-state index >= 15 is 0 Å². The van der Waals surface area contributed by atoms with Crippen LogP contribution in [0, 0.1) is 11.3 Å². The van der Waals surface area contributed by atoms with E-state index in [9.17, 15) is 30.0 Å². The third-order valence-corrected chi connectivity index (χ3v) is 7.94. The SMILES string of the molecule is C[C@]12CC[C@H]3C(=CCc4cc(O[C@@H]5O[C@H](C(=O)O)[C@@H](O)[C@H](O)[C@H]5O)ccc43)[C@@H]1CCC2=O. The summed E-state index contributed by atoms with van der Waals surface area (Å²) in [7, 11) is 0. The lowest BCUT2D eigenvalue weighted by Gasteiger charge is -2.43. The molecule has 0 amide bonds. The van der Waals surface area contributed by atoms with Crippen molar-refractivity contribution in [3.63, 3.8) is 0 Å². The summed E-state index contributed by atoms with van der Waals surface area (Å²) in [6.45, 7) is 2.11. The van der Waals surface area contributed by atoms with Crippen molar-refractivity contribution in [1.82, 2.24) is 0 Å². The van der Waals surface area contributed by atoms with E-state index in [4.69, 9.17) is 9.47 Å². The first-order valence-corrected chi connectivity index (χ1v) is 11.2. The van der Waals surface area contributed by atoms with Crippen LogP contribution in [0.25, 0.3) is 0 Å². The Morgan fingerprint density at radius 2 is 1.94 bits per heavy atom. The van der Waals surface area contributed by atoms with Crippen molar-refractivity contribution in [2.75, 3.05) is 0 Å². The van der Waals surface area contributed by atoms with Crippen molar-refractivity contribution >= 4 is 11.8 Å². The molecule has 8 atom stereocenters. The largest absolute Gasteiger partial charge is 0.479 e. The van der Waals surface area contributed by atoms with Crippen LogP contribution in [-0.2, 0) is 20.7 Å². The zero-order valence-corrected chi connectivity index (χ0v) is 17.8. The number of benzene rings is 1. The van der Waals surface area contributed by atoms with Gasteiger partial charge in [-0.3, -0.25) is 4.79 Å². The van der Waals surface area contributed by atoms with E-state index < -0.39 is 36.7 Å². The summed E-state index contributed by atoms with van der Waals surface area (Å²) in [6, 6.07) is 5.58. The van der Waals surface area contributed by atoms with Crippen LogP contribution in [0.1, 0.15) is 49.7 Å². The number of aliphatic hydroxyl groups excluding tert-OH is 3. The molecule has 0 unspecified atom stereocenters. The second-order valence-electron chi connectivity index (χ2n) is 9.64. The van der Waals surface area contributed by atoms with E-state index in [1.165, 1.54) is 11.1 Å². The van der Waals surface area contributed by atoms with Crippen LogP contribution in [0.15, 0.2) is 29.8 Å². The quantitative estimate of drug-likeness (QED) is 0.513. The summed E-state index contributed by atoms with van der Waals surface area (Å²) in [5.41, 5.74) is 3.42. The average Bonchev–Trinajstić information content (AvgIpc) is 3.08. The Morgan fingerprint density at radius 3 is 2.69 bits per heavy atom. The van der Waals surface area contributed by atoms with Gasteiger partial charge in [-0.15, -0.1) is 0 Å². The third-order valence-electron chi connectivity index (χ3n) is 7.94. The highest BCUT2D eigenvalue weighted by molar-refractivity contribution is 5.88. The molecule has 1 saturated heterocycles. The number of hydrogen-bond donors (Lipinski definition) is 4. The minimum atomic E-state index is -1.76. The maximum Gasteiger partial charge on any atom is 0.335 e. The van der Waals surface area contributed by atoms with Crippen molar-refractivity contribution in [3.8, 4) is 5.75 Å². The Labute approximate surface area is 185 Å².